The van der Waals surface area contributed by atoms with Crippen molar-refractivity contribution < 1.29 is 9.59 Å². The Kier molecular flexibility index (Phi) is 5.03. The third-order valence-electron chi connectivity index (χ3n) is 5.61. The molecule has 2 aromatic rings. The molecule has 2 aromatic carbocycles. The summed E-state index contributed by atoms with van der Waals surface area (Å²) in [5.41, 5.74) is 3.66. The maximum absolute atomic E-state index is 13.3. The van der Waals surface area contributed by atoms with Crippen molar-refractivity contribution in [2.24, 2.45) is 9.98 Å². The van der Waals surface area contributed by atoms with Gasteiger partial charge in [-0.2, -0.15) is 0 Å². The molecule has 5 rings (SSSR count). The molecule has 7 nitrogen and oxygen atoms in total. The van der Waals surface area contributed by atoms with Crippen molar-refractivity contribution in [2.45, 2.75) is 0 Å². The molecular formula is C23H20ClN5O2. The Balaban J connectivity index is 1.52. The minimum absolute atomic E-state index is 0.180. The highest BCUT2D eigenvalue weighted by Crippen LogP contribution is 2.33. The maximum atomic E-state index is 13.3. The quantitative estimate of drug-likeness (QED) is 0.552. The lowest BCUT2D eigenvalue weighted by molar-refractivity contribution is -0.119. The third-order valence-corrected chi connectivity index (χ3v) is 5.85. The van der Waals surface area contributed by atoms with Crippen molar-refractivity contribution in [3.05, 3.63) is 76.6 Å². The SMILES string of the molecule is O=CN1CCN(/C=C2/N=C3CN=C(c4ccccc4)c4cc(Cl)ccc4N3C2=O)CC1. The monoisotopic (exact) mass is 433 g/mol. The van der Waals surface area contributed by atoms with Crippen LogP contribution < -0.4 is 4.90 Å². The Bertz CT molecular complexity index is 1130. The van der Waals surface area contributed by atoms with Crippen LogP contribution >= 0.6 is 11.6 Å². The summed E-state index contributed by atoms with van der Waals surface area (Å²) in [4.78, 5) is 39.1. The summed E-state index contributed by atoms with van der Waals surface area (Å²) in [5, 5.41) is 0.582. The van der Waals surface area contributed by atoms with E-state index < -0.39 is 0 Å². The summed E-state index contributed by atoms with van der Waals surface area (Å²) in [6.07, 6.45) is 2.66. The number of hydrogen-bond donors (Lipinski definition) is 0. The second kappa shape index (κ2) is 8.00. The number of hydrogen-bond acceptors (Lipinski definition) is 5. The summed E-state index contributed by atoms with van der Waals surface area (Å²) < 4.78 is 0. The number of benzene rings is 2. The molecule has 3 aliphatic heterocycles. The number of piperazine rings is 1. The number of halogens is 1. The van der Waals surface area contributed by atoms with E-state index >= 15 is 0 Å². The normalized spacial score (nSPS) is 19.6. The smallest absolute Gasteiger partial charge is 0.284 e. The summed E-state index contributed by atoms with van der Waals surface area (Å²) in [5.74, 6) is 0.415. The average molecular weight is 434 g/mol. The van der Waals surface area contributed by atoms with Crippen LogP contribution in [0.1, 0.15) is 11.1 Å². The van der Waals surface area contributed by atoms with Gasteiger partial charge < -0.3 is 9.80 Å². The number of carbonyl (C=O) groups excluding carboxylic acids is 2. The van der Waals surface area contributed by atoms with Crippen molar-refractivity contribution in [3.63, 3.8) is 0 Å². The molecular weight excluding hydrogens is 414 g/mol. The van der Waals surface area contributed by atoms with Crippen molar-refractivity contribution in [2.75, 3.05) is 37.6 Å². The van der Waals surface area contributed by atoms with E-state index in [0.717, 1.165) is 28.9 Å². The Labute approximate surface area is 184 Å². The number of nitrogens with zero attached hydrogens (tertiary/aromatic N) is 5. The van der Waals surface area contributed by atoms with Gasteiger partial charge >= 0.3 is 0 Å². The van der Waals surface area contributed by atoms with Crippen LogP contribution in [0.25, 0.3) is 0 Å². The van der Waals surface area contributed by atoms with E-state index in [1.807, 2.05) is 47.4 Å². The van der Waals surface area contributed by atoms with E-state index in [-0.39, 0.29) is 5.91 Å². The highest BCUT2D eigenvalue weighted by molar-refractivity contribution is 6.34. The number of anilines is 1. The topological polar surface area (TPSA) is 68.6 Å². The zero-order chi connectivity index (χ0) is 21.4. The molecule has 8 heteroatoms. The van der Waals surface area contributed by atoms with E-state index in [2.05, 4.69) is 4.99 Å². The van der Waals surface area contributed by atoms with Gasteiger partial charge in [-0.25, -0.2) is 4.99 Å². The summed E-state index contributed by atoms with van der Waals surface area (Å²) in [7, 11) is 0. The molecule has 0 aromatic heterocycles. The average Bonchev–Trinajstić information content (AvgIpc) is 3.00. The number of aliphatic imine (C=N–C) groups is 2. The molecule has 0 bridgehead atoms. The van der Waals surface area contributed by atoms with Crippen LogP contribution in [0.5, 0.6) is 0 Å². The standard InChI is InChI=1S/C23H20ClN5O2/c24-17-6-7-20-18(12-17)22(16-4-2-1-3-5-16)25-13-21-26-19(23(31)29(20)21)14-27-8-10-28(15-30)11-9-27/h1-7,12,14-15H,8-11,13H2/b19-14+. The van der Waals surface area contributed by atoms with Crippen molar-refractivity contribution in [3.8, 4) is 0 Å². The molecule has 156 valence electrons. The number of amides is 2. The highest BCUT2D eigenvalue weighted by atomic mass is 35.5. The zero-order valence-electron chi connectivity index (χ0n) is 16.7. The van der Waals surface area contributed by atoms with Gasteiger partial charge in [0.25, 0.3) is 5.91 Å². The van der Waals surface area contributed by atoms with Crippen LogP contribution in [0.3, 0.4) is 0 Å². The molecule has 0 spiro atoms. The van der Waals surface area contributed by atoms with Crippen molar-refractivity contribution in [1.82, 2.24) is 9.80 Å². The van der Waals surface area contributed by atoms with Gasteiger partial charge in [0.15, 0.2) is 0 Å². The van der Waals surface area contributed by atoms with E-state index in [0.29, 0.717) is 49.3 Å². The van der Waals surface area contributed by atoms with Gasteiger partial charge in [0, 0.05) is 48.5 Å². The zero-order valence-corrected chi connectivity index (χ0v) is 17.5. The summed E-state index contributed by atoms with van der Waals surface area (Å²) in [6.45, 7) is 2.89. The summed E-state index contributed by atoms with van der Waals surface area (Å²) in [6, 6.07) is 15.3. The van der Waals surface area contributed by atoms with Crippen molar-refractivity contribution in [1.29, 1.82) is 0 Å². The van der Waals surface area contributed by atoms with E-state index in [9.17, 15) is 9.59 Å². The molecule has 1 fully saturated rings. The van der Waals surface area contributed by atoms with Crippen molar-refractivity contribution >= 4 is 41.2 Å². The van der Waals surface area contributed by atoms with Gasteiger partial charge in [0.2, 0.25) is 6.41 Å². The Morgan fingerprint density at radius 1 is 0.968 bits per heavy atom. The molecule has 31 heavy (non-hydrogen) atoms. The van der Waals surface area contributed by atoms with Crippen LogP contribution in [0.4, 0.5) is 5.69 Å². The van der Waals surface area contributed by atoms with E-state index in [1.54, 1.807) is 22.1 Å². The molecule has 0 unspecified atom stereocenters. The fourth-order valence-electron chi connectivity index (χ4n) is 4.02. The van der Waals surface area contributed by atoms with Crippen LogP contribution in [-0.2, 0) is 9.59 Å². The lowest BCUT2D eigenvalue weighted by Gasteiger charge is -2.31. The maximum Gasteiger partial charge on any atom is 0.284 e. The van der Waals surface area contributed by atoms with E-state index in [1.165, 1.54) is 0 Å². The molecule has 3 heterocycles. The first-order valence-corrected chi connectivity index (χ1v) is 10.5. The molecule has 2 amide bonds. The van der Waals surface area contributed by atoms with Crippen LogP contribution in [0.15, 0.2) is 70.4 Å². The van der Waals surface area contributed by atoms with Gasteiger partial charge in [-0.15, -0.1) is 0 Å². The first-order valence-electron chi connectivity index (χ1n) is 10.1. The molecule has 0 radical (unpaired) electrons. The Hall–Kier alpha value is -3.45. The molecule has 0 saturated carbocycles. The molecule has 0 atom stereocenters. The van der Waals surface area contributed by atoms with Crippen LogP contribution in [0, 0.1) is 0 Å². The third kappa shape index (κ3) is 3.61. The van der Waals surface area contributed by atoms with Gasteiger partial charge in [0.05, 0.1) is 17.9 Å². The molecule has 3 aliphatic rings. The fourth-order valence-corrected chi connectivity index (χ4v) is 4.19. The minimum Gasteiger partial charge on any atom is -0.372 e. The van der Waals surface area contributed by atoms with Gasteiger partial charge in [0.1, 0.15) is 11.5 Å². The largest absolute Gasteiger partial charge is 0.372 e. The van der Waals surface area contributed by atoms with Gasteiger partial charge in [-0.1, -0.05) is 41.9 Å². The molecule has 0 N–H and O–H groups in total. The first kappa shape index (κ1) is 19.5. The number of carbonyl (C=O) groups is 2. The fraction of sp³-hybridized carbons (Fsp3) is 0.217. The van der Waals surface area contributed by atoms with Crippen LogP contribution in [-0.4, -0.2) is 66.4 Å². The first-order chi connectivity index (χ1) is 15.1. The highest BCUT2D eigenvalue weighted by Gasteiger charge is 2.36. The molecule has 1 saturated heterocycles. The molecule has 0 aliphatic carbocycles. The number of amidine groups is 1. The second-order valence-corrected chi connectivity index (χ2v) is 7.99. The summed E-state index contributed by atoms with van der Waals surface area (Å²) >= 11 is 6.31. The lowest BCUT2D eigenvalue weighted by Crippen LogP contribution is -2.43. The number of rotatable bonds is 3. The lowest BCUT2D eigenvalue weighted by atomic mass is 10.00. The second-order valence-electron chi connectivity index (χ2n) is 7.55. The predicted molar refractivity (Wildman–Crippen MR) is 121 cm³/mol. The predicted octanol–water partition coefficient (Wildman–Crippen LogP) is 2.55. The minimum atomic E-state index is -0.180. The van der Waals surface area contributed by atoms with Crippen LogP contribution in [0.2, 0.25) is 5.02 Å². The Morgan fingerprint density at radius 2 is 1.71 bits per heavy atom. The number of fused-ring (bicyclic) bond motifs is 3. The van der Waals surface area contributed by atoms with Gasteiger partial charge in [-0.05, 0) is 18.2 Å². The Morgan fingerprint density at radius 3 is 2.45 bits per heavy atom. The van der Waals surface area contributed by atoms with E-state index in [4.69, 9.17) is 16.6 Å². The van der Waals surface area contributed by atoms with Gasteiger partial charge in [-0.3, -0.25) is 19.5 Å².